The fourth-order valence-electron chi connectivity index (χ4n) is 2.46. The topological polar surface area (TPSA) is 15.3 Å². The summed E-state index contributed by atoms with van der Waals surface area (Å²) in [7, 11) is 0. The molecule has 2 nitrogen and oxygen atoms in total. The standard InChI is InChI=1S/C16H25BrN2/c1-12-5-6-14(9-15(12)17)19-8-7-13(11-19)10-18-16(2,3)4/h5-6,9,13,18H,7-8,10-11H2,1-4H3. The van der Waals surface area contributed by atoms with Crippen LogP contribution in [0.5, 0.6) is 0 Å². The lowest BCUT2D eigenvalue weighted by Crippen LogP contribution is -2.39. The van der Waals surface area contributed by atoms with Gasteiger partial charge in [0.25, 0.3) is 0 Å². The monoisotopic (exact) mass is 324 g/mol. The van der Waals surface area contributed by atoms with Gasteiger partial charge in [-0.25, -0.2) is 0 Å². The number of hydrogen-bond acceptors (Lipinski definition) is 2. The summed E-state index contributed by atoms with van der Waals surface area (Å²) in [4.78, 5) is 2.50. The van der Waals surface area contributed by atoms with Gasteiger partial charge in [-0.2, -0.15) is 0 Å². The molecule has 0 spiro atoms. The van der Waals surface area contributed by atoms with Crippen LogP contribution in [0.25, 0.3) is 0 Å². The molecule has 1 heterocycles. The molecule has 1 fully saturated rings. The zero-order valence-corrected chi connectivity index (χ0v) is 14.0. The largest absolute Gasteiger partial charge is 0.371 e. The van der Waals surface area contributed by atoms with Crippen LogP contribution >= 0.6 is 15.9 Å². The molecule has 1 unspecified atom stereocenters. The van der Waals surface area contributed by atoms with E-state index in [4.69, 9.17) is 0 Å². The van der Waals surface area contributed by atoms with Gasteiger partial charge < -0.3 is 10.2 Å². The molecule has 2 rings (SSSR count). The van der Waals surface area contributed by atoms with Crippen molar-refractivity contribution in [3.8, 4) is 0 Å². The second-order valence-electron chi connectivity index (χ2n) is 6.67. The van der Waals surface area contributed by atoms with E-state index >= 15 is 0 Å². The van der Waals surface area contributed by atoms with Crippen LogP contribution in [0, 0.1) is 12.8 Å². The summed E-state index contributed by atoms with van der Waals surface area (Å²) in [6.07, 6.45) is 1.29. The Morgan fingerprint density at radius 3 is 2.74 bits per heavy atom. The van der Waals surface area contributed by atoms with Crippen molar-refractivity contribution < 1.29 is 0 Å². The number of anilines is 1. The van der Waals surface area contributed by atoms with Crippen LogP contribution in [0.3, 0.4) is 0 Å². The highest BCUT2D eigenvalue weighted by molar-refractivity contribution is 9.10. The summed E-state index contributed by atoms with van der Waals surface area (Å²) in [5.41, 5.74) is 2.87. The maximum Gasteiger partial charge on any atom is 0.0377 e. The van der Waals surface area contributed by atoms with Gasteiger partial charge in [-0.3, -0.25) is 0 Å². The van der Waals surface area contributed by atoms with E-state index in [0.29, 0.717) is 0 Å². The van der Waals surface area contributed by atoms with Gasteiger partial charge in [0, 0.05) is 35.3 Å². The van der Waals surface area contributed by atoms with Crippen molar-refractivity contribution >= 4 is 21.6 Å². The second kappa shape index (κ2) is 5.84. The number of nitrogens with one attached hydrogen (secondary N) is 1. The Bertz CT molecular complexity index is 437. The van der Waals surface area contributed by atoms with Crippen molar-refractivity contribution in [2.75, 3.05) is 24.5 Å². The molecule has 0 amide bonds. The number of halogens is 1. The third-order valence-electron chi connectivity index (χ3n) is 3.73. The number of hydrogen-bond donors (Lipinski definition) is 1. The van der Waals surface area contributed by atoms with Crippen LogP contribution in [0.15, 0.2) is 22.7 Å². The average molecular weight is 325 g/mol. The van der Waals surface area contributed by atoms with Gasteiger partial charge in [0.2, 0.25) is 0 Å². The van der Waals surface area contributed by atoms with E-state index in [1.54, 1.807) is 0 Å². The van der Waals surface area contributed by atoms with Crippen LogP contribution in [-0.2, 0) is 0 Å². The summed E-state index contributed by atoms with van der Waals surface area (Å²) in [5, 5.41) is 3.62. The maximum absolute atomic E-state index is 3.63. The van der Waals surface area contributed by atoms with Crippen molar-refractivity contribution in [1.82, 2.24) is 5.32 Å². The first kappa shape index (κ1) is 14.9. The summed E-state index contributed by atoms with van der Waals surface area (Å²) in [5.74, 6) is 0.763. The molecule has 3 heteroatoms. The fraction of sp³-hybridized carbons (Fsp3) is 0.625. The van der Waals surface area contributed by atoms with Gasteiger partial charge in [0.1, 0.15) is 0 Å². The summed E-state index contributed by atoms with van der Waals surface area (Å²) < 4.78 is 1.21. The molecule has 1 aromatic carbocycles. The number of rotatable bonds is 3. The molecule has 1 aliphatic heterocycles. The van der Waals surface area contributed by atoms with Crippen molar-refractivity contribution in [3.63, 3.8) is 0 Å². The molecule has 0 aliphatic carbocycles. The Morgan fingerprint density at radius 2 is 2.11 bits per heavy atom. The highest BCUT2D eigenvalue weighted by atomic mass is 79.9. The van der Waals surface area contributed by atoms with Gasteiger partial charge in [-0.15, -0.1) is 0 Å². The summed E-state index contributed by atoms with van der Waals surface area (Å²) >= 11 is 3.63. The van der Waals surface area contributed by atoms with Crippen LogP contribution < -0.4 is 10.2 Å². The van der Waals surface area contributed by atoms with E-state index in [-0.39, 0.29) is 5.54 Å². The molecule has 0 radical (unpaired) electrons. The van der Waals surface area contributed by atoms with Crippen LogP contribution in [0.1, 0.15) is 32.8 Å². The molecule has 1 aromatic rings. The normalized spacial score (nSPS) is 20.1. The van der Waals surface area contributed by atoms with E-state index in [1.807, 2.05) is 0 Å². The van der Waals surface area contributed by atoms with Gasteiger partial charge in [0.15, 0.2) is 0 Å². The van der Waals surface area contributed by atoms with E-state index in [1.165, 1.54) is 35.2 Å². The molecule has 1 saturated heterocycles. The number of benzene rings is 1. The van der Waals surface area contributed by atoms with Crippen molar-refractivity contribution in [2.24, 2.45) is 5.92 Å². The molecule has 1 aliphatic rings. The van der Waals surface area contributed by atoms with E-state index in [0.717, 1.165) is 12.5 Å². The van der Waals surface area contributed by atoms with E-state index < -0.39 is 0 Å². The lowest BCUT2D eigenvalue weighted by atomic mass is 10.1. The molecular weight excluding hydrogens is 300 g/mol. The fourth-order valence-corrected chi connectivity index (χ4v) is 2.83. The van der Waals surface area contributed by atoms with E-state index in [9.17, 15) is 0 Å². The van der Waals surface area contributed by atoms with Crippen molar-refractivity contribution in [3.05, 3.63) is 28.2 Å². The van der Waals surface area contributed by atoms with Crippen LogP contribution in [0.4, 0.5) is 5.69 Å². The van der Waals surface area contributed by atoms with Gasteiger partial charge >= 0.3 is 0 Å². The Kier molecular flexibility index (Phi) is 4.57. The smallest absolute Gasteiger partial charge is 0.0377 e. The highest BCUT2D eigenvalue weighted by Crippen LogP contribution is 2.28. The molecule has 19 heavy (non-hydrogen) atoms. The number of aryl methyl sites for hydroxylation is 1. The molecule has 0 saturated carbocycles. The van der Waals surface area contributed by atoms with Crippen LogP contribution in [-0.4, -0.2) is 25.2 Å². The first-order valence-electron chi connectivity index (χ1n) is 7.11. The summed E-state index contributed by atoms with van der Waals surface area (Å²) in [6, 6.07) is 6.68. The first-order valence-corrected chi connectivity index (χ1v) is 7.90. The average Bonchev–Trinajstić information content (AvgIpc) is 2.78. The minimum absolute atomic E-state index is 0.223. The maximum atomic E-state index is 3.63. The van der Waals surface area contributed by atoms with Crippen molar-refractivity contribution in [2.45, 2.75) is 39.7 Å². The zero-order valence-electron chi connectivity index (χ0n) is 12.5. The minimum atomic E-state index is 0.223. The van der Waals surface area contributed by atoms with Gasteiger partial charge in [-0.05, 0) is 57.7 Å². The molecule has 1 atom stereocenters. The lowest BCUT2D eigenvalue weighted by Gasteiger charge is -2.24. The van der Waals surface area contributed by atoms with Gasteiger partial charge in [0.05, 0.1) is 0 Å². The highest BCUT2D eigenvalue weighted by Gasteiger charge is 2.24. The number of nitrogens with zero attached hydrogens (tertiary/aromatic N) is 1. The summed E-state index contributed by atoms with van der Waals surface area (Å²) in [6.45, 7) is 12.3. The Balaban J connectivity index is 1.92. The predicted molar refractivity (Wildman–Crippen MR) is 87.0 cm³/mol. The second-order valence-corrected chi connectivity index (χ2v) is 7.52. The Morgan fingerprint density at radius 1 is 1.37 bits per heavy atom. The molecular formula is C16H25BrN2. The molecule has 0 bridgehead atoms. The third kappa shape index (κ3) is 4.22. The predicted octanol–water partition coefficient (Wildman–Crippen LogP) is 3.97. The molecule has 1 N–H and O–H groups in total. The molecule has 106 valence electrons. The molecule has 0 aromatic heterocycles. The zero-order chi connectivity index (χ0) is 14.0. The van der Waals surface area contributed by atoms with Crippen molar-refractivity contribution in [1.29, 1.82) is 0 Å². The minimum Gasteiger partial charge on any atom is -0.371 e. The third-order valence-corrected chi connectivity index (χ3v) is 4.58. The van der Waals surface area contributed by atoms with Crippen LogP contribution in [0.2, 0.25) is 0 Å². The van der Waals surface area contributed by atoms with Gasteiger partial charge in [-0.1, -0.05) is 22.0 Å². The quantitative estimate of drug-likeness (QED) is 0.904. The Hall–Kier alpha value is -0.540. The Labute approximate surface area is 125 Å². The lowest BCUT2D eigenvalue weighted by molar-refractivity contribution is 0.383. The SMILES string of the molecule is Cc1ccc(N2CCC(CNC(C)(C)C)C2)cc1Br. The first-order chi connectivity index (χ1) is 8.85. The van der Waals surface area contributed by atoms with E-state index in [2.05, 4.69) is 72.0 Å².